The highest BCUT2D eigenvalue weighted by atomic mass is 16.5. The van der Waals surface area contributed by atoms with E-state index in [9.17, 15) is 9.59 Å². The van der Waals surface area contributed by atoms with E-state index in [1.165, 1.54) is 7.11 Å². The van der Waals surface area contributed by atoms with Gasteiger partial charge in [0.15, 0.2) is 0 Å². The SMILES string of the molecule is C=C/C=C\C(CCC(=O)CC(=O)OC)C(C)C. The van der Waals surface area contributed by atoms with Crippen LogP contribution in [0.5, 0.6) is 0 Å². The molecule has 1 unspecified atom stereocenters. The maximum atomic E-state index is 11.5. The molecular weight excluding hydrogens is 216 g/mol. The van der Waals surface area contributed by atoms with Crippen molar-refractivity contribution in [3.8, 4) is 0 Å². The summed E-state index contributed by atoms with van der Waals surface area (Å²) in [7, 11) is 1.29. The van der Waals surface area contributed by atoms with E-state index < -0.39 is 5.97 Å². The summed E-state index contributed by atoms with van der Waals surface area (Å²) >= 11 is 0. The largest absolute Gasteiger partial charge is 0.469 e. The molecule has 0 bridgehead atoms. The minimum Gasteiger partial charge on any atom is -0.469 e. The van der Waals surface area contributed by atoms with Crippen molar-refractivity contribution >= 4 is 11.8 Å². The summed E-state index contributed by atoms with van der Waals surface area (Å²) < 4.78 is 4.45. The van der Waals surface area contributed by atoms with Gasteiger partial charge in [-0.3, -0.25) is 9.59 Å². The van der Waals surface area contributed by atoms with Crippen LogP contribution in [0.25, 0.3) is 0 Å². The number of hydrogen-bond donors (Lipinski definition) is 0. The molecule has 1 atom stereocenters. The smallest absolute Gasteiger partial charge is 0.313 e. The van der Waals surface area contributed by atoms with Gasteiger partial charge in [0.05, 0.1) is 7.11 Å². The number of Topliss-reactive ketones (excluding diaryl/α,β-unsaturated/α-hetero) is 1. The first-order chi connectivity index (χ1) is 8.01. The fourth-order valence-electron chi connectivity index (χ4n) is 1.52. The molecule has 0 spiro atoms. The highest BCUT2D eigenvalue weighted by molar-refractivity contribution is 5.95. The van der Waals surface area contributed by atoms with E-state index in [0.717, 1.165) is 6.42 Å². The molecule has 0 rings (SSSR count). The third-order valence-electron chi connectivity index (χ3n) is 2.68. The normalized spacial score (nSPS) is 12.7. The maximum Gasteiger partial charge on any atom is 0.313 e. The number of ether oxygens (including phenoxy) is 1. The monoisotopic (exact) mass is 238 g/mol. The van der Waals surface area contributed by atoms with E-state index in [2.05, 4.69) is 31.2 Å². The van der Waals surface area contributed by atoms with Gasteiger partial charge in [-0.1, -0.05) is 38.7 Å². The van der Waals surface area contributed by atoms with Crippen LogP contribution in [0.2, 0.25) is 0 Å². The van der Waals surface area contributed by atoms with Gasteiger partial charge in [-0.2, -0.15) is 0 Å². The number of allylic oxidation sites excluding steroid dienone is 3. The molecule has 96 valence electrons. The fraction of sp³-hybridized carbons (Fsp3) is 0.571. The van der Waals surface area contributed by atoms with E-state index in [1.54, 1.807) is 6.08 Å². The van der Waals surface area contributed by atoms with Crippen molar-refractivity contribution in [1.29, 1.82) is 0 Å². The summed E-state index contributed by atoms with van der Waals surface area (Å²) in [6.07, 6.45) is 6.74. The van der Waals surface area contributed by atoms with Crippen molar-refractivity contribution in [3.63, 3.8) is 0 Å². The van der Waals surface area contributed by atoms with Crippen LogP contribution in [0.1, 0.15) is 33.1 Å². The molecule has 0 aromatic rings. The van der Waals surface area contributed by atoms with Gasteiger partial charge in [-0.15, -0.1) is 0 Å². The lowest BCUT2D eigenvalue weighted by Gasteiger charge is -2.15. The van der Waals surface area contributed by atoms with E-state index in [-0.39, 0.29) is 12.2 Å². The molecule has 0 saturated carbocycles. The molecule has 0 aliphatic carbocycles. The predicted octanol–water partition coefficient (Wildman–Crippen LogP) is 2.91. The summed E-state index contributed by atoms with van der Waals surface area (Å²) in [5.74, 6) is 0.291. The zero-order chi connectivity index (χ0) is 13.3. The highest BCUT2D eigenvalue weighted by Gasteiger charge is 2.14. The van der Waals surface area contributed by atoms with Crippen LogP contribution in [0.15, 0.2) is 24.8 Å². The second-order valence-corrected chi connectivity index (χ2v) is 4.36. The summed E-state index contributed by atoms with van der Waals surface area (Å²) in [5.41, 5.74) is 0. The van der Waals surface area contributed by atoms with Gasteiger partial charge in [0.2, 0.25) is 0 Å². The summed E-state index contributed by atoms with van der Waals surface area (Å²) in [4.78, 5) is 22.4. The molecule has 0 aliphatic rings. The maximum absolute atomic E-state index is 11.5. The van der Waals surface area contributed by atoms with Crippen LogP contribution in [-0.4, -0.2) is 18.9 Å². The molecule has 0 N–H and O–H groups in total. The van der Waals surface area contributed by atoms with E-state index >= 15 is 0 Å². The molecule has 0 aromatic heterocycles. The Labute approximate surface area is 104 Å². The van der Waals surface area contributed by atoms with Crippen LogP contribution in [0, 0.1) is 11.8 Å². The Kier molecular flexibility index (Phi) is 8.03. The van der Waals surface area contributed by atoms with Gasteiger partial charge < -0.3 is 4.74 Å². The second kappa shape index (κ2) is 8.74. The van der Waals surface area contributed by atoms with Crippen molar-refractivity contribution in [2.75, 3.05) is 7.11 Å². The molecule has 0 radical (unpaired) electrons. The Morgan fingerprint density at radius 1 is 1.35 bits per heavy atom. The van der Waals surface area contributed by atoms with Crippen LogP contribution < -0.4 is 0 Å². The Hall–Kier alpha value is -1.38. The van der Waals surface area contributed by atoms with Gasteiger partial charge in [-0.05, 0) is 18.3 Å². The van der Waals surface area contributed by atoms with Crippen molar-refractivity contribution in [3.05, 3.63) is 24.8 Å². The Morgan fingerprint density at radius 2 is 2.00 bits per heavy atom. The second-order valence-electron chi connectivity index (χ2n) is 4.36. The fourth-order valence-corrected chi connectivity index (χ4v) is 1.52. The van der Waals surface area contributed by atoms with Gasteiger partial charge in [-0.25, -0.2) is 0 Å². The summed E-state index contributed by atoms with van der Waals surface area (Å²) in [6.45, 7) is 7.85. The van der Waals surface area contributed by atoms with Crippen LogP contribution in [-0.2, 0) is 14.3 Å². The first-order valence-corrected chi connectivity index (χ1v) is 5.89. The third-order valence-corrected chi connectivity index (χ3v) is 2.68. The number of ketones is 1. The summed E-state index contributed by atoms with van der Waals surface area (Å²) in [6, 6.07) is 0. The quantitative estimate of drug-likeness (QED) is 0.371. The highest BCUT2D eigenvalue weighted by Crippen LogP contribution is 2.19. The van der Waals surface area contributed by atoms with Crippen LogP contribution in [0.4, 0.5) is 0 Å². The Bertz CT molecular complexity index is 290. The zero-order valence-electron chi connectivity index (χ0n) is 10.9. The lowest BCUT2D eigenvalue weighted by atomic mass is 9.89. The zero-order valence-corrected chi connectivity index (χ0v) is 10.9. The van der Waals surface area contributed by atoms with Crippen LogP contribution in [0.3, 0.4) is 0 Å². The lowest BCUT2D eigenvalue weighted by Crippen LogP contribution is -2.12. The molecular formula is C14H22O3. The van der Waals surface area contributed by atoms with Crippen molar-refractivity contribution in [2.24, 2.45) is 11.8 Å². The lowest BCUT2D eigenvalue weighted by molar-refractivity contribution is -0.143. The van der Waals surface area contributed by atoms with Crippen molar-refractivity contribution in [1.82, 2.24) is 0 Å². The molecule has 3 heteroatoms. The molecule has 0 aromatic carbocycles. The Morgan fingerprint density at radius 3 is 2.47 bits per heavy atom. The molecule has 0 aliphatic heterocycles. The van der Waals surface area contributed by atoms with Gasteiger partial charge in [0.25, 0.3) is 0 Å². The minimum absolute atomic E-state index is 0.0606. The number of carbonyl (C=O) groups excluding carboxylic acids is 2. The molecule has 0 saturated heterocycles. The van der Waals surface area contributed by atoms with Gasteiger partial charge in [0.1, 0.15) is 12.2 Å². The third kappa shape index (κ3) is 7.50. The van der Waals surface area contributed by atoms with Crippen molar-refractivity contribution < 1.29 is 14.3 Å². The minimum atomic E-state index is -0.460. The first kappa shape index (κ1) is 15.6. The predicted molar refractivity (Wildman–Crippen MR) is 68.5 cm³/mol. The molecule has 0 heterocycles. The summed E-state index contributed by atoms with van der Waals surface area (Å²) in [5, 5.41) is 0. The van der Waals surface area contributed by atoms with E-state index in [1.807, 2.05) is 6.08 Å². The Balaban J connectivity index is 4.12. The molecule has 0 amide bonds. The first-order valence-electron chi connectivity index (χ1n) is 5.89. The number of methoxy groups -OCH3 is 1. The van der Waals surface area contributed by atoms with Crippen molar-refractivity contribution in [2.45, 2.75) is 33.1 Å². The average molecular weight is 238 g/mol. The molecule has 3 nitrogen and oxygen atoms in total. The molecule has 0 fully saturated rings. The van der Waals surface area contributed by atoms with Crippen LogP contribution >= 0.6 is 0 Å². The standard InChI is InChI=1S/C14H22O3/c1-5-6-7-12(11(2)3)8-9-13(15)10-14(16)17-4/h5-7,11-12H,1,8-10H2,2-4H3/b7-6-. The number of rotatable bonds is 8. The van der Waals surface area contributed by atoms with Gasteiger partial charge >= 0.3 is 5.97 Å². The number of esters is 1. The number of carbonyl (C=O) groups is 2. The van der Waals surface area contributed by atoms with E-state index in [0.29, 0.717) is 18.3 Å². The van der Waals surface area contributed by atoms with Gasteiger partial charge in [0, 0.05) is 6.42 Å². The molecule has 17 heavy (non-hydrogen) atoms. The number of hydrogen-bond acceptors (Lipinski definition) is 3. The average Bonchev–Trinajstić information content (AvgIpc) is 2.28. The van der Waals surface area contributed by atoms with E-state index in [4.69, 9.17) is 0 Å². The topological polar surface area (TPSA) is 43.4 Å².